The lowest BCUT2D eigenvalue weighted by atomic mass is 10.1. The molecular formula is C24H29N3O3. The molecule has 4 rings (SSSR count). The van der Waals surface area contributed by atoms with Crippen LogP contribution in [0.1, 0.15) is 35.2 Å². The third-order valence-electron chi connectivity index (χ3n) is 5.72. The van der Waals surface area contributed by atoms with Gasteiger partial charge in [-0.3, -0.25) is 14.5 Å². The predicted octanol–water partition coefficient (Wildman–Crippen LogP) is 3.15. The Morgan fingerprint density at radius 3 is 2.63 bits per heavy atom. The zero-order valence-corrected chi connectivity index (χ0v) is 17.3. The molecule has 2 amide bonds. The van der Waals surface area contributed by atoms with Crippen LogP contribution in [0.4, 0.5) is 5.69 Å². The quantitative estimate of drug-likeness (QED) is 0.827. The molecule has 0 aliphatic carbocycles. The van der Waals surface area contributed by atoms with Crippen molar-refractivity contribution >= 4 is 17.5 Å². The maximum Gasteiger partial charge on any atom is 0.253 e. The first-order valence-electron chi connectivity index (χ1n) is 10.8. The van der Waals surface area contributed by atoms with E-state index in [1.165, 1.54) is 5.56 Å². The van der Waals surface area contributed by atoms with Crippen LogP contribution in [0.3, 0.4) is 0 Å². The van der Waals surface area contributed by atoms with Gasteiger partial charge in [0, 0.05) is 50.6 Å². The summed E-state index contributed by atoms with van der Waals surface area (Å²) in [5, 5.41) is 2.89. The molecule has 6 heteroatoms. The number of amides is 2. The Hall–Kier alpha value is -2.70. The van der Waals surface area contributed by atoms with Crippen LogP contribution in [0.25, 0.3) is 0 Å². The average Bonchev–Trinajstić information content (AvgIpc) is 3.22. The lowest BCUT2D eigenvalue weighted by Gasteiger charge is -2.22. The third kappa shape index (κ3) is 5.26. The molecule has 2 saturated heterocycles. The molecule has 2 aliphatic heterocycles. The molecule has 6 nitrogen and oxygen atoms in total. The third-order valence-corrected chi connectivity index (χ3v) is 5.72. The van der Waals surface area contributed by atoms with Gasteiger partial charge in [0.2, 0.25) is 0 Å². The van der Waals surface area contributed by atoms with Crippen molar-refractivity contribution in [2.24, 2.45) is 0 Å². The number of carbonyl (C=O) groups is 2. The average molecular weight is 408 g/mol. The van der Waals surface area contributed by atoms with E-state index in [4.69, 9.17) is 4.74 Å². The Balaban J connectivity index is 1.35. The molecule has 1 unspecified atom stereocenters. The SMILES string of the molecule is O=C(Nc1cccc(C(=O)N2CCCN(Cc3ccccc3)CC2)c1)C1CCCO1. The lowest BCUT2D eigenvalue weighted by molar-refractivity contribution is -0.124. The number of rotatable bonds is 5. The summed E-state index contributed by atoms with van der Waals surface area (Å²) in [5.74, 6) is -0.117. The van der Waals surface area contributed by atoms with Gasteiger partial charge in [-0.1, -0.05) is 36.4 Å². The fourth-order valence-corrected chi connectivity index (χ4v) is 4.09. The van der Waals surface area contributed by atoms with Gasteiger partial charge < -0.3 is 15.0 Å². The summed E-state index contributed by atoms with van der Waals surface area (Å²) in [6.07, 6.45) is 2.23. The Labute approximate surface area is 177 Å². The highest BCUT2D eigenvalue weighted by Crippen LogP contribution is 2.18. The van der Waals surface area contributed by atoms with Gasteiger partial charge in [0.25, 0.3) is 11.8 Å². The van der Waals surface area contributed by atoms with Crippen molar-refractivity contribution in [2.45, 2.75) is 31.9 Å². The largest absolute Gasteiger partial charge is 0.368 e. The maximum atomic E-state index is 13.1. The summed E-state index contributed by atoms with van der Waals surface area (Å²) < 4.78 is 5.43. The van der Waals surface area contributed by atoms with Crippen LogP contribution >= 0.6 is 0 Å². The van der Waals surface area contributed by atoms with E-state index in [0.29, 0.717) is 24.4 Å². The predicted molar refractivity (Wildman–Crippen MR) is 116 cm³/mol. The molecule has 0 spiro atoms. The Morgan fingerprint density at radius 1 is 0.967 bits per heavy atom. The minimum atomic E-state index is -0.384. The first-order valence-corrected chi connectivity index (χ1v) is 10.8. The highest BCUT2D eigenvalue weighted by molar-refractivity contribution is 5.98. The van der Waals surface area contributed by atoms with E-state index in [9.17, 15) is 9.59 Å². The van der Waals surface area contributed by atoms with E-state index < -0.39 is 0 Å². The van der Waals surface area contributed by atoms with E-state index in [-0.39, 0.29) is 17.9 Å². The van der Waals surface area contributed by atoms with Crippen molar-refractivity contribution in [1.82, 2.24) is 9.80 Å². The fraction of sp³-hybridized carbons (Fsp3) is 0.417. The van der Waals surface area contributed by atoms with Crippen molar-refractivity contribution in [2.75, 3.05) is 38.1 Å². The zero-order valence-electron chi connectivity index (χ0n) is 17.3. The molecule has 2 fully saturated rings. The molecule has 2 heterocycles. The molecule has 0 radical (unpaired) electrons. The number of hydrogen-bond acceptors (Lipinski definition) is 4. The minimum Gasteiger partial charge on any atom is -0.368 e. The van der Waals surface area contributed by atoms with Crippen molar-refractivity contribution in [3.8, 4) is 0 Å². The summed E-state index contributed by atoms with van der Waals surface area (Å²) in [4.78, 5) is 29.7. The van der Waals surface area contributed by atoms with Crippen LogP contribution in [0.15, 0.2) is 54.6 Å². The molecule has 1 atom stereocenters. The molecule has 1 N–H and O–H groups in total. The standard InChI is InChI=1S/C24H29N3O3/c28-23(22-11-5-16-30-22)25-21-10-4-9-20(17-21)24(29)27-13-6-12-26(14-15-27)18-19-7-2-1-3-8-19/h1-4,7-10,17,22H,5-6,11-16,18H2,(H,25,28). The van der Waals surface area contributed by atoms with Gasteiger partial charge in [-0.2, -0.15) is 0 Å². The van der Waals surface area contributed by atoms with Crippen LogP contribution in [0, 0.1) is 0 Å². The van der Waals surface area contributed by atoms with Gasteiger partial charge in [0.1, 0.15) is 6.10 Å². The monoisotopic (exact) mass is 407 g/mol. The molecule has 30 heavy (non-hydrogen) atoms. The van der Waals surface area contributed by atoms with Gasteiger partial charge in [0.15, 0.2) is 0 Å². The summed E-state index contributed by atoms with van der Waals surface area (Å²) >= 11 is 0. The van der Waals surface area contributed by atoms with E-state index in [1.807, 2.05) is 29.2 Å². The van der Waals surface area contributed by atoms with Crippen LogP contribution < -0.4 is 5.32 Å². The van der Waals surface area contributed by atoms with E-state index >= 15 is 0 Å². The number of benzene rings is 2. The number of ether oxygens (including phenoxy) is 1. The van der Waals surface area contributed by atoms with Gasteiger partial charge in [-0.25, -0.2) is 0 Å². The Kier molecular flexibility index (Phi) is 6.77. The Bertz CT molecular complexity index is 865. The van der Waals surface area contributed by atoms with Gasteiger partial charge in [-0.15, -0.1) is 0 Å². The second kappa shape index (κ2) is 9.87. The molecule has 2 aliphatic rings. The highest BCUT2D eigenvalue weighted by Gasteiger charge is 2.24. The smallest absolute Gasteiger partial charge is 0.253 e. The van der Waals surface area contributed by atoms with Gasteiger partial charge in [-0.05, 0) is 43.0 Å². The number of hydrogen-bond donors (Lipinski definition) is 1. The van der Waals surface area contributed by atoms with Crippen LogP contribution in [0.5, 0.6) is 0 Å². The molecule has 0 saturated carbocycles. The topological polar surface area (TPSA) is 61.9 Å². The van der Waals surface area contributed by atoms with Crippen molar-refractivity contribution in [1.29, 1.82) is 0 Å². The first-order chi connectivity index (χ1) is 14.7. The van der Waals surface area contributed by atoms with E-state index in [0.717, 1.165) is 45.4 Å². The van der Waals surface area contributed by atoms with Crippen molar-refractivity contribution in [3.05, 3.63) is 65.7 Å². The molecule has 2 aromatic rings. The summed E-state index contributed by atoms with van der Waals surface area (Å²) in [6, 6.07) is 17.7. The minimum absolute atomic E-state index is 0.0183. The number of carbonyl (C=O) groups excluding carboxylic acids is 2. The van der Waals surface area contributed by atoms with Gasteiger partial charge >= 0.3 is 0 Å². The van der Waals surface area contributed by atoms with Crippen LogP contribution in [-0.2, 0) is 16.1 Å². The van der Waals surface area contributed by atoms with Crippen LogP contribution in [-0.4, -0.2) is 60.5 Å². The second-order valence-electron chi connectivity index (χ2n) is 7.98. The molecule has 2 aromatic carbocycles. The van der Waals surface area contributed by atoms with Gasteiger partial charge in [0.05, 0.1) is 0 Å². The lowest BCUT2D eigenvalue weighted by Crippen LogP contribution is -2.35. The summed E-state index contributed by atoms with van der Waals surface area (Å²) in [5.41, 5.74) is 2.55. The maximum absolute atomic E-state index is 13.1. The van der Waals surface area contributed by atoms with E-state index in [2.05, 4.69) is 34.5 Å². The fourth-order valence-electron chi connectivity index (χ4n) is 4.09. The summed E-state index contributed by atoms with van der Waals surface area (Å²) in [7, 11) is 0. The number of nitrogens with one attached hydrogen (secondary N) is 1. The molecule has 158 valence electrons. The number of nitrogens with zero attached hydrogens (tertiary/aromatic N) is 2. The van der Waals surface area contributed by atoms with Crippen molar-refractivity contribution in [3.63, 3.8) is 0 Å². The normalized spacial score (nSPS) is 20.0. The Morgan fingerprint density at radius 2 is 1.83 bits per heavy atom. The molecule has 0 bridgehead atoms. The first kappa shape index (κ1) is 20.6. The second-order valence-corrected chi connectivity index (χ2v) is 7.98. The molecular weight excluding hydrogens is 378 g/mol. The molecule has 0 aromatic heterocycles. The van der Waals surface area contributed by atoms with Crippen molar-refractivity contribution < 1.29 is 14.3 Å². The highest BCUT2D eigenvalue weighted by atomic mass is 16.5. The zero-order chi connectivity index (χ0) is 20.8. The van der Waals surface area contributed by atoms with Crippen LogP contribution in [0.2, 0.25) is 0 Å². The summed E-state index contributed by atoms with van der Waals surface area (Å²) in [6.45, 7) is 4.83. The number of anilines is 1. The van der Waals surface area contributed by atoms with E-state index in [1.54, 1.807) is 6.07 Å².